The van der Waals surface area contributed by atoms with E-state index in [9.17, 15) is 23.1 Å². The molecule has 2 aromatic rings. The van der Waals surface area contributed by atoms with E-state index in [4.69, 9.17) is 4.74 Å². The summed E-state index contributed by atoms with van der Waals surface area (Å²) in [5.41, 5.74) is 1.97. The lowest BCUT2D eigenvalue weighted by atomic mass is 9.99. The molecule has 2 fully saturated rings. The Labute approximate surface area is 219 Å². The van der Waals surface area contributed by atoms with Gasteiger partial charge < -0.3 is 30.3 Å². The summed E-state index contributed by atoms with van der Waals surface area (Å²) >= 11 is 0. The molecular formula is C26H33F4N5O3. The summed E-state index contributed by atoms with van der Waals surface area (Å²) in [5.74, 6) is -0.652. The number of carbonyl (C=O) groups is 1. The maximum atomic E-state index is 15.8. The number of pyridine rings is 1. The Hall–Kier alpha value is -3.12. The molecule has 2 atom stereocenters. The molecule has 0 spiro atoms. The monoisotopic (exact) mass is 539 g/mol. The van der Waals surface area contributed by atoms with E-state index in [0.29, 0.717) is 49.8 Å². The van der Waals surface area contributed by atoms with E-state index in [1.54, 1.807) is 31.2 Å². The zero-order valence-corrected chi connectivity index (χ0v) is 21.4. The van der Waals surface area contributed by atoms with Crippen LogP contribution in [0.15, 0.2) is 24.3 Å². The molecule has 2 saturated heterocycles. The fraction of sp³-hybridized carbons (Fsp3) is 0.538. The number of hydrogen-bond donors (Lipinski definition) is 3. The number of alkyl halides is 3. The van der Waals surface area contributed by atoms with Crippen LogP contribution < -0.4 is 15.5 Å². The zero-order valence-electron chi connectivity index (χ0n) is 21.4. The second kappa shape index (κ2) is 11.7. The molecule has 2 aliphatic heterocycles. The van der Waals surface area contributed by atoms with E-state index in [2.05, 4.69) is 15.6 Å². The van der Waals surface area contributed by atoms with Gasteiger partial charge >= 0.3 is 12.2 Å². The molecule has 3 heterocycles. The van der Waals surface area contributed by atoms with Crippen molar-refractivity contribution in [3.05, 3.63) is 35.6 Å². The highest BCUT2D eigenvalue weighted by Crippen LogP contribution is 2.35. The van der Waals surface area contributed by atoms with Gasteiger partial charge in [-0.2, -0.15) is 13.2 Å². The molecule has 0 saturated carbocycles. The number of aryl methyl sites for hydroxylation is 1. The average Bonchev–Trinajstić information content (AvgIpc) is 3.34. The van der Waals surface area contributed by atoms with Crippen LogP contribution in [-0.4, -0.2) is 79.2 Å². The van der Waals surface area contributed by atoms with Gasteiger partial charge in [0.25, 0.3) is 0 Å². The summed E-state index contributed by atoms with van der Waals surface area (Å²) in [4.78, 5) is 20.6. The lowest BCUT2D eigenvalue weighted by molar-refractivity contribution is -0.143. The number of aliphatic hydroxyl groups excluding tert-OH is 1. The number of anilines is 3. The predicted molar refractivity (Wildman–Crippen MR) is 137 cm³/mol. The van der Waals surface area contributed by atoms with Gasteiger partial charge in [-0.1, -0.05) is 6.07 Å². The molecule has 0 radical (unpaired) electrons. The van der Waals surface area contributed by atoms with Gasteiger partial charge in [-0.05, 0) is 55.5 Å². The molecule has 208 valence electrons. The molecule has 1 aromatic heterocycles. The molecule has 1 aromatic carbocycles. The molecular weight excluding hydrogens is 506 g/mol. The van der Waals surface area contributed by atoms with Crippen LogP contribution in [0.25, 0.3) is 11.1 Å². The Kier molecular flexibility index (Phi) is 8.61. The number of benzene rings is 1. The van der Waals surface area contributed by atoms with Crippen molar-refractivity contribution in [2.45, 2.75) is 38.9 Å². The summed E-state index contributed by atoms with van der Waals surface area (Å²) in [5, 5.41) is 15.2. The van der Waals surface area contributed by atoms with Crippen molar-refractivity contribution in [2.24, 2.45) is 5.92 Å². The smallest absolute Gasteiger partial charge is 0.389 e. The van der Waals surface area contributed by atoms with Gasteiger partial charge in [0.2, 0.25) is 0 Å². The number of rotatable bonds is 7. The van der Waals surface area contributed by atoms with Crippen LogP contribution in [0, 0.1) is 18.7 Å². The molecule has 8 nitrogen and oxygen atoms in total. The standard InChI is InChI=1S/C26H33F4N5O3/c1-16-3-4-19(32-25(37)35-6-5-18(14-35)13-26(28,29)30)11-20(16)21-12-22(34-7-9-38-10-8-34)33-24(23(21)27)31-17(2)15-36/h3-4,11-12,17-18,36H,5-10,13-15H2,1-2H3,(H,31,33)(H,32,37)/t17-,18?/m1/s1. The maximum Gasteiger partial charge on any atom is 0.389 e. The summed E-state index contributed by atoms with van der Waals surface area (Å²) in [6, 6.07) is 5.81. The lowest BCUT2D eigenvalue weighted by Crippen LogP contribution is -2.37. The van der Waals surface area contributed by atoms with Crippen molar-refractivity contribution in [3.8, 4) is 11.1 Å². The Morgan fingerprint density at radius 1 is 1.21 bits per heavy atom. The fourth-order valence-corrected chi connectivity index (χ4v) is 4.74. The average molecular weight is 540 g/mol. The number of urea groups is 1. The number of carbonyl (C=O) groups excluding carboxylic acids is 1. The third-order valence-electron chi connectivity index (χ3n) is 6.81. The van der Waals surface area contributed by atoms with E-state index >= 15 is 4.39 Å². The van der Waals surface area contributed by atoms with Gasteiger partial charge in [-0.15, -0.1) is 0 Å². The first-order chi connectivity index (χ1) is 18.0. The topological polar surface area (TPSA) is 90.0 Å². The summed E-state index contributed by atoms with van der Waals surface area (Å²) in [6.07, 6.45) is -4.88. The van der Waals surface area contributed by atoms with Crippen molar-refractivity contribution in [1.82, 2.24) is 9.88 Å². The minimum Gasteiger partial charge on any atom is -0.394 e. The first-order valence-corrected chi connectivity index (χ1v) is 12.7. The van der Waals surface area contributed by atoms with Crippen molar-refractivity contribution in [2.75, 3.05) is 61.5 Å². The molecule has 12 heteroatoms. The van der Waals surface area contributed by atoms with Crippen LogP contribution in [0.1, 0.15) is 25.3 Å². The lowest BCUT2D eigenvalue weighted by Gasteiger charge is -2.29. The van der Waals surface area contributed by atoms with Crippen molar-refractivity contribution < 1.29 is 32.2 Å². The highest BCUT2D eigenvalue weighted by atomic mass is 19.4. The molecule has 3 N–H and O–H groups in total. The van der Waals surface area contributed by atoms with E-state index in [1.807, 2.05) is 11.8 Å². The van der Waals surface area contributed by atoms with Crippen LogP contribution in [0.3, 0.4) is 0 Å². The van der Waals surface area contributed by atoms with Gasteiger partial charge in [0, 0.05) is 49.9 Å². The Balaban J connectivity index is 1.60. The molecule has 1 unspecified atom stereocenters. The number of likely N-dealkylation sites (tertiary alicyclic amines) is 1. The third kappa shape index (κ3) is 6.84. The van der Waals surface area contributed by atoms with Gasteiger partial charge in [0.15, 0.2) is 11.6 Å². The first-order valence-electron chi connectivity index (χ1n) is 12.7. The molecule has 0 bridgehead atoms. The van der Waals surface area contributed by atoms with E-state index in [0.717, 1.165) is 5.56 Å². The predicted octanol–water partition coefficient (Wildman–Crippen LogP) is 4.63. The van der Waals surface area contributed by atoms with E-state index < -0.39 is 36.4 Å². The van der Waals surface area contributed by atoms with Crippen LogP contribution in [0.4, 0.5) is 39.7 Å². The van der Waals surface area contributed by atoms with Crippen LogP contribution in [-0.2, 0) is 4.74 Å². The number of halogens is 4. The van der Waals surface area contributed by atoms with Crippen molar-refractivity contribution >= 4 is 23.4 Å². The second-order valence-corrected chi connectivity index (χ2v) is 9.90. The molecule has 0 aliphatic carbocycles. The first kappa shape index (κ1) is 27.9. The van der Waals surface area contributed by atoms with Crippen molar-refractivity contribution in [1.29, 1.82) is 0 Å². The number of aliphatic hydroxyl groups is 1. The minimum atomic E-state index is -4.26. The zero-order chi connectivity index (χ0) is 27.4. The highest BCUT2D eigenvalue weighted by molar-refractivity contribution is 5.91. The minimum absolute atomic E-state index is 0.00662. The van der Waals surface area contributed by atoms with Crippen molar-refractivity contribution in [3.63, 3.8) is 0 Å². The van der Waals surface area contributed by atoms with Gasteiger partial charge in [-0.3, -0.25) is 0 Å². The van der Waals surface area contributed by atoms with Gasteiger partial charge in [0.1, 0.15) is 5.82 Å². The Morgan fingerprint density at radius 3 is 2.63 bits per heavy atom. The van der Waals surface area contributed by atoms with Crippen LogP contribution >= 0.6 is 0 Å². The molecule has 2 amide bonds. The second-order valence-electron chi connectivity index (χ2n) is 9.90. The summed E-state index contributed by atoms with van der Waals surface area (Å²) in [7, 11) is 0. The molecule has 4 rings (SSSR count). The van der Waals surface area contributed by atoms with Gasteiger partial charge in [-0.25, -0.2) is 14.2 Å². The molecule has 2 aliphatic rings. The number of nitrogens with one attached hydrogen (secondary N) is 2. The SMILES string of the molecule is Cc1ccc(NC(=O)N2CCC(CC(F)(F)F)C2)cc1-c1cc(N2CCOCC2)nc(N[C@H](C)CO)c1F. The largest absolute Gasteiger partial charge is 0.394 e. The van der Waals surface area contributed by atoms with E-state index in [-0.39, 0.29) is 31.1 Å². The summed E-state index contributed by atoms with van der Waals surface area (Å²) in [6.45, 7) is 5.81. The Morgan fingerprint density at radius 2 is 1.95 bits per heavy atom. The quantitative estimate of drug-likeness (QED) is 0.445. The number of hydrogen-bond acceptors (Lipinski definition) is 6. The Bertz CT molecular complexity index is 1140. The third-order valence-corrected chi connectivity index (χ3v) is 6.81. The molecule has 38 heavy (non-hydrogen) atoms. The fourth-order valence-electron chi connectivity index (χ4n) is 4.74. The number of amides is 2. The number of aromatic nitrogens is 1. The summed E-state index contributed by atoms with van der Waals surface area (Å²) < 4.78 is 59.4. The van der Waals surface area contributed by atoms with Crippen LogP contribution in [0.5, 0.6) is 0 Å². The normalized spacial score (nSPS) is 19.0. The van der Waals surface area contributed by atoms with Crippen LogP contribution in [0.2, 0.25) is 0 Å². The van der Waals surface area contributed by atoms with E-state index in [1.165, 1.54) is 4.90 Å². The maximum absolute atomic E-state index is 15.8. The number of nitrogens with zero attached hydrogens (tertiary/aromatic N) is 3. The van der Waals surface area contributed by atoms with Gasteiger partial charge in [0.05, 0.1) is 19.8 Å². The highest BCUT2D eigenvalue weighted by Gasteiger charge is 2.36. The number of morpholine rings is 1. The number of ether oxygens (including phenoxy) is 1.